The molecule has 2 N–H and O–H groups in total. The number of rotatable bonds is 3. The Labute approximate surface area is 120 Å². The van der Waals surface area contributed by atoms with E-state index in [1.807, 2.05) is 4.57 Å². The second-order valence-electron chi connectivity index (χ2n) is 4.85. The fourth-order valence-electron chi connectivity index (χ4n) is 2.21. The predicted octanol–water partition coefficient (Wildman–Crippen LogP) is 1.91. The topological polar surface area (TPSA) is 59.0 Å². The maximum absolute atomic E-state index is 13.1. The van der Waals surface area contributed by atoms with Gasteiger partial charge in [0.05, 0.1) is 0 Å². The van der Waals surface area contributed by atoms with Crippen LogP contribution >= 0.6 is 0 Å². The van der Waals surface area contributed by atoms with Crippen molar-refractivity contribution in [3.05, 3.63) is 47.3 Å². The monoisotopic (exact) mass is 292 g/mol. The van der Waals surface area contributed by atoms with Gasteiger partial charge in [0.1, 0.15) is 5.69 Å². The number of aromatic nitrogens is 2. The highest BCUT2D eigenvalue weighted by Crippen LogP contribution is 2.14. The third-order valence-corrected chi connectivity index (χ3v) is 3.31. The summed E-state index contributed by atoms with van der Waals surface area (Å²) in [6.45, 7) is 1.78. The van der Waals surface area contributed by atoms with E-state index >= 15 is 0 Å². The summed E-state index contributed by atoms with van der Waals surface area (Å²) < 4.78 is 27.8. The van der Waals surface area contributed by atoms with Crippen molar-refractivity contribution in [2.24, 2.45) is 0 Å². The fourth-order valence-corrected chi connectivity index (χ4v) is 2.21. The summed E-state index contributed by atoms with van der Waals surface area (Å²) in [5, 5.41) is 5.75. The van der Waals surface area contributed by atoms with E-state index < -0.39 is 11.6 Å². The number of aryl methyl sites for hydroxylation is 1. The summed E-state index contributed by atoms with van der Waals surface area (Å²) in [6, 6.07) is 3.53. The van der Waals surface area contributed by atoms with Crippen LogP contribution in [0, 0.1) is 11.6 Å². The number of nitrogens with zero attached hydrogens (tertiary/aromatic N) is 2. The van der Waals surface area contributed by atoms with Gasteiger partial charge in [0.15, 0.2) is 11.6 Å². The molecule has 0 spiro atoms. The van der Waals surface area contributed by atoms with Crippen molar-refractivity contribution < 1.29 is 13.6 Å². The minimum Gasteiger partial charge on any atom is -0.356 e. The molecule has 2 aromatic rings. The van der Waals surface area contributed by atoms with E-state index in [-0.39, 0.29) is 12.5 Å². The lowest BCUT2D eigenvalue weighted by Gasteiger charge is -2.14. The average molecular weight is 292 g/mol. The van der Waals surface area contributed by atoms with Crippen LogP contribution in [-0.4, -0.2) is 22.0 Å². The molecule has 0 saturated heterocycles. The summed E-state index contributed by atoms with van der Waals surface area (Å²) in [7, 11) is 0. The van der Waals surface area contributed by atoms with E-state index in [1.165, 1.54) is 6.07 Å². The third kappa shape index (κ3) is 2.86. The minimum atomic E-state index is -0.927. The van der Waals surface area contributed by atoms with Crippen LogP contribution in [0.2, 0.25) is 0 Å². The number of amides is 1. The summed E-state index contributed by atoms with van der Waals surface area (Å²) in [4.78, 5) is 16.2. The molecule has 1 aliphatic rings. The molecule has 7 heteroatoms. The van der Waals surface area contributed by atoms with Crippen LogP contribution in [0.5, 0.6) is 0 Å². The normalized spacial score (nSPS) is 13.4. The molecule has 110 valence electrons. The Morgan fingerprint density at radius 3 is 3.00 bits per heavy atom. The number of anilines is 1. The van der Waals surface area contributed by atoms with Crippen molar-refractivity contribution in [3.63, 3.8) is 0 Å². The molecule has 5 nitrogen and oxygen atoms in total. The Bertz CT molecular complexity index is 660. The number of hydrogen-bond donors (Lipinski definition) is 2. The zero-order valence-corrected chi connectivity index (χ0v) is 11.2. The lowest BCUT2D eigenvalue weighted by Crippen LogP contribution is -2.23. The Hall–Kier alpha value is -2.44. The highest BCUT2D eigenvalue weighted by molar-refractivity contribution is 5.92. The Kier molecular flexibility index (Phi) is 3.55. The highest BCUT2D eigenvalue weighted by atomic mass is 19.2. The molecule has 1 amide bonds. The zero-order valence-electron chi connectivity index (χ0n) is 11.2. The zero-order chi connectivity index (χ0) is 14.8. The summed E-state index contributed by atoms with van der Waals surface area (Å²) in [5.74, 6) is -1.50. The number of fused-ring (bicyclic) bond motifs is 1. The molecule has 1 aromatic heterocycles. The summed E-state index contributed by atoms with van der Waals surface area (Å²) in [6.07, 6.45) is 2.67. The largest absolute Gasteiger partial charge is 0.356 e. The number of imidazole rings is 1. The SMILES string of the molecule is O=C(NCc1ccc(F)c(F)c1)c1cn2c(n1)NCCC2. The van der Waals surface area contributed by atoms with Gasteiger partial charge in [0, 0.05) is 25.8 Å². The molecule has 1 aliphatic heterocycles. The third-order valence-electron chi connectivity index (χ3n) is 3.31. The maximum Gasteiger partial charge on any atom is 0.271 e. The number of carbonyl (C=O) groups is 1. The van der Waals surface area contributed by atoms with E-state index in [9.17, 15) is 13.6 Å². The van der Waals surface area contributed by atoms with Crippen molar-refractivity contribution in [1.82, 2.24) is 14.9 Å². The molecular formula is C14H14F2N4O. The standard InChI is InChI=1S/C14H14F2N4O/c15-10-3-2-9(6-11(10)16)7-18-13(21)12-8-20-5-1-4-17-14(20)19-12/h2-3,6,8H,1,4-5,7H2,(H,17,19)(H,18,21). The van der Waals surface area contributed by atoms with Crippen LogP contribution in [0.25, 0.3) is 0 Å². The van der Waals surface area contributed by atoms with Crippen LogP contribution in [0.3, 0.4) is 0 Å². The molecule has 0 unspecified atom stereocenters. The highest BCUT2D eigenvalue weighted by Gasteiger charge is 2.16. The van der Waals surface area contributed by atoms with Gasteiger partial charge in [0.25, 0.3) is 5.91 Å². The maximum atomic E-state index is 13.1. The molecule has 0 fully saturated rings. The number of carbonyl (C=O) groups excluding carboxylic acids is 1. The Morgan fingerprint density at radius 1 is 1.38 bits per heavy atom. The summed E-state index contributed by atoms with van der Waals surface area (Å²) in [5.41, 5.74) is 0.798. The van der Waals surface area contributed by atoms with E-state index in [0.717, 1.165) is 31.6 Å². The molecule has 1 aromatic carbocycles. The number of hydrogen-bond acceptors (Lipinski definition) is 3. The first-order chi connectivity index (χ1) is 10.1. The van der Waals surface area contributed by atoms with E-state index in [1.54, 1.807) is 6.20 Å². The van der Waals surface area contributed by atoms with Crippen molar-refractivity contribution in [2.45, 2.75) is 19.5 Å². The fraction of sp³-hybridized carbons (Fsp3) is 0.286. The molecule has 0 atom stereocenters. The second kappa shape index (κ2) is 5.51. The van der Waals surface area contributed by atoms with Gasteiger partial charge < -0.3 is 15.2 Å². The number of benzene rings is 1. The molecule has 21 heavy (non-hydrogen) atoms. The molecular weight excluding hydrogens is 278 g/mol. The van der Waals surface area contributed by atoms with Gasteiger partial charge in [-0.3, -0.25) is 4.79 Å². The van der Waals surface area contributed by atoms with Crippen molar-refractivity contribution in [1.29, 1.82) is 0 Å². The minimum absolute atomic E-state index is 0.117. The molecule has 2 heterocycles. The van der Waals surface area contributed by atoms with Gasteiger partial charge in [-0.05, 0) is 24.1 Å². The van der Waals surface area contributed by atoms with E-state index in [2.05, 4.69) is 15.6 Å². The first kappa shape index (κ1) is 13.5. The molecule has 0 saturated carbocycles. The lowest BCUT2D eigenvalue weighted by atomic mass is 10.2. The molecule has 0 radical (unpaired) electrons. The first-order valence-electron chi connectivity index (χ1n) is 6.66. The lowest BCUT2D eigenvalue weighted by molar-refractivity contribution is 0.0946. The van der Waals surface area contributed by atoms with Gasteiger partial charge in [-0.25, -0.2) is 13.8 Å². The second-order valence-corrected chi connectivity index (χ2v) is 4.85. The van der Waals surface area contributed by atoms with Gasteiger partial charge in [-0.2, -0.15) is 0 Å². The van der Waals surface area contributed by atoms with Crippen LogP contribution < -0.4 is 10.6 Å². The smallest absolute Gasteiger partial charge is 0.271 e. The van der Waals surface area contributed by atoms with E-state index in [4.69, 9.17) is 0 Å². The van der Waals surface area contributed by atoms with Crippen molar-refractivity contribution in [3.8, 4) is 0 Å². The Morgan fingerprint density at radius 2 is 2.24 bits per heavy atom. The van der Waals surface area contributed by atoms with Crippen LogP contribution in [0.15, 0.2) is 24.4 Å². The van der Waals surface area contributed by atoms with Crippen LogP contribution in [0.1, 0.15) is 22.5 Å². The van der Waals surface area contributed by atoms with Crippen molar-refractivity contribution >= 4 is 11.9 Å². The van der Waals surface area contributed by atoms with Crippen molar-refractivity contribution in [2.75, 3.05) is 11.9 Å². The predicted molar refractivity (Wildman–Crippen MR) is 72.9 cm³/mol. The molecule has 0 aliphatic carbocycles. The molecule has 3 rings (SSSR count). The van der Waals surface area contributed by atoms with Gasteiger partial charge in [0.2, 0.25) is 5.95 Å². The van der Waals surface area contributed by atoms with Crippen LogP contribution in [0.4, 0.5) is 14.7 Å². The van der Waals surface area contributed by atoms with E-state index in [0.29, 0.717) is 17.2 Å². The quantitative estimate of drug-likeness (QED) is 0.908. The first-order valence-corrected chi connectivity index (χ1v) is 6.66. The average Bonchev–Trinajstić information content (AvgIpc) is 2.92. The van der Waals surface area contributed by atoms with Crippen LogP contribution in [-0.2, 0) is 13.1 Å². The number of halogens is 2. The number of nitrogens with one attached hydrogen (secondary N) is 2. The van der Waals surface area contributed by atoms with Gasteiger partial charge in [-0.15, -0.1) is 0 Å². The summed E-state index contributed by atoms with van der Waals surface area (Å²) >= 11 is 0. The Balaban J connectivity index is 1.66. The molecule has 0 bridgehead atoms. The van der Waals surface area contributed by atoms with Gasteiger partial charge >= 0.3 is 0 Å². The van der Waals surface area contributed by atoms with Gasteiger partial charge in [-0.1, -0.05) is 6.07 Å².